The largest absolute Gasteiger partial charge is 0.457 e. The summed E-state index contributed by atoms with van der Waals surface area (Å²) in [7, 11) is 0. The van der Waals surface area contributed by atoms with Crippen LogP contribution in [0.3, 0.4) is 0 Å². The molecule has 1 aromatic heterocycles. The van der Waals surface area contributed by atoms with Crippen molar-refractivity contribution in [2.45, 2.75) is 5.41 Å². The van der Waals surface area contributed by atoms with Crippen LogP contribution in [0.2, 0.25) is 0 Å². The molecule has 4 nitrogen and oxygen atoms in total. The maximum absolute atomic E-state index is 6.74. The van der Waals surface area contributed by atoms with E-state index in [1.807, 2.05) is 12.1 Å². The van der Waals surface area contributed by atoms with Crippen LogP contribution in [0, 0.1) is 0 Å². The lowest BCUT2D eigenvalue weighted by Crippen LogP contribution is -2.33. The van der Waals surface area contributed by atoms with Crippen molar-refractivity contribution < 1.29 is 9.15 Å². The number of anilines is 6. The smallest absolute Gasteiger partial charge is 0.135 e. The number of rotatable bonds is 6. The Morgan fingerprint density at radius 2 is 0.864 bits per heavy atom. The number of fused-ring (bicyclic) bond motifs is 12. The molecule has 0 fully saturated rings. The van der Waals surface area contributed by atoms with Gasteiger partial charge >= 0.3 is 0 Å². The highest BCUT2D eigenvalue weighted by molar-refractivity contribution is 6.07. The lowest BCUT2D eigenvalue weighted by molar-refractivity contribution is 0.436. The summed E-state index contributed by atoms with van der Waals surface area (Å²) in [6, 6.07) is 77.9. The molecule has 278 valence electrons. The SMILES string of the molecule is c1ccc(N(c2ccccc2)c2cccc(N(c3ccc4oc5ccccc5c4c3)c3cccc4c3C3(c5ccccc5Oc5ccccc53)c3ccccc3-4)c2)cc1. The molecule has 2 aliphatic rings. The number of nitrogens with zero attached hydrogens (tertiary/aromatic N) is 2. The van der Waals surface area contributed by atoms with Crippen LogP contribution >= 0.6 is 0 Å². The minimum absolute atomic E-state index is 0.670. The third kappa shape index (κ3) is 4.96. The average Bonchev–Trinajstić information content (AvgIpc) is 3.82. The summed E-state index contributed by atoms with van der Waals surface area (Å²) in [4.78, 5) is 4.78. The Bertz CT molecular complexity index is 3140. The van der Waals surface area contributed by atoms with Gasteiger partial charge in [0.05, 0.1) is 11.1 Å². The summed E-state index contributed by atoms with van der Waals surface area (Å²) in [5.41, 5.74) is 14.6. The van der Waals surface area contributed by atoms with Crippen LogP contribution in [0.15, 0.2) is 223 Å². The minimum Gasteiger partial charge on any atom is -0.457 e. The van der Waals surface area contributed by atoms with Crippen molar-refractivity contribution in [2.24, 2.45) is 0 Å². The van der Waals surface area contributed by atoms with Gasteiger partial charge in [0, 0.05) is 55.9 Å². The summed E-state index contributed by atoms with van der Waals surface area (Å²) in [6.07, 6.45) is 0. The fourth-order valence-electron chi connectivity index (χ4n) is 9.73. The predicted octanol–water partition coefficient (Wildman–Crippen LogP) is 15.0. The molecule has 1 aliphatic heterocycles. The standard InChI is InChI=1S/C55H36N2O2/c1-3-17-37(18-4-1)56(38-19-5-2-6-20-38)39-21-15-22-40(35-39)57(41-33-34-51-45(36-41)43-24-8-12-30-50(43)58-51)49-29-16-25-44-42-23-7-9-26-46(42)55(54(44)49)47-27-10-13-31-52(47)59-53-32-14-11-28-48(53)55/h1-36H. The van der Waals surface area contributed by atoms with Crippen molar-refractivity contribution in [3.8, 4) is 22.6 Å². The summed E-state index contributed by atoms with van der Waals surface area (Å²) < 4.78 is 13.1. The molecule has 1 spiro atoms. The molecule has 9 aromatic carbocycles. The van der Waals surface area contributed by atoms with Crippen molar-refractivity contribution in [3.63, 3.8) is 0 Å². The van der Waals surface area contributed by atoms with Gasteiger partial charge in [-0.15, -0.1) is 0 Å². The van der Waals surface area contributed by atoms with Crippen molar-refractivity contribution in [1.82, 2.24) is 0 Å². The zero-order valence-electron chi connectivity index (χ0n) is 32.0. The number of hydrogen-bond donors (Lipinski definition) is 0. The molecular weight excluding hydrogens is 721 g/mol. The summed E-state index contributed by atoms with van der Waals surface area (Å²) in [5, 5.41) is 2.16. The van der Waals surface area contributed by atoms with Crippen LogP contribution in [0.25, 0.3) is 33.1 Å². The molecule has 0 bridgehead atoms. The summed E-state index contributed by atoms with van der Waals surface area (Å²) in [5.74, 6) is 1.73. The molecule has 0 amide bonds. The van der Waals surface area contributed by atoms with Crippen molar-refractivity contribution in [1.29, 1.82) is 0 Å². The van der Waals surface area contributed by atoms with Crippen LogP contribution in [-0.4, -0.2) is 0 Å². The highest BCUT2D eigenvalue weighted by Gasteiger charge is 2.52. The molecular formula is C55H36N2O2. The second-order valence-electron chi connectivity index (χ2n) is 15.2. The second-order valence-corrected chi connectivity index (χ2v) is 15.2. The maximum Gasteiger partial charge on any atom is 0.135 e. The van der Waals surface area contributed by atoms with E-state index in [2.05, 4.69) is 216 Å². The molecule has 12 rings (SSSR count). The first-order valence-electron chi connectivity index (χ1n) is 20.1. The van der Waals surface area contributed by atoms with E-state index in [1.54, 1.807) is 0 Å². The van der Waals surface area contributed by atoms with Gasteiger partial charge in [-0.25, -0.2) is 0 Å². The number of hydrogen-bond acceptors (Lipinski definition) is 4. The molecule has 2 heterocycles. The number of benzene rings is 9. The third-order valence-corrected chi connectivity index (χ3v) is 12.1. The first-order chi connectivity index (χ1) is 29.3. The van der Waals surface area contributed by atoms with E-state index in [4.69, 9.17) is 9.15 Å². The fraction of sp³-hybridized carbons (Fsp3) is 0.0182. The van der Waals surface area contributed by atoms with Gasteiger partial charge in [0.15, 0.2) is 0 Å². The average molecular weight is 757 g/mol. The van der Waals surface area contributed by atoms with E-state index in [-0.39, 0.29) is 0 Å². The van der Waals surface area contributed by atoms with Gasteiger partial charge in [0.1, 0.15) is 22.7 Å². The number of para-hydroxylation sites is 5. The topological polar surface area (TPSA) is 28.9 Å². The molecule has 0 unspecified atom stereocenters. The molecule has 0 radical (unpaired) electrons. The van der Waals surface area contributed by atoms with Gasteiger partial charge in [-0.1, -0.05) is 133 Å². The molecule has 59 heavy (non-hydrogen) atoms. The Hall–Kier alpha value is -7.82. The zero-order chi connectivity index (χ0) is 38.9. The molecule has 0 saturated heterocycles. The Morgan fingerprint density at radius 1 is 0.339 bits per heavy atom. The Kier molecular flexibility index (Phi) is 7.41. The van der Waals surface area contributed by atoms with E-state index >= 15 is 0 Å². The van der Waals surface area contributed by atoms with Crippen molar-refractivity contribution in [3.05, 3.63) is 241 Å². The highest BCUT2D eigenvalue weighted by Crippen LogP contribution is 2.64. The Morgan fingerprint density at radius 3 is 1.59 bits per heavy atom. The Labute approximate surface area is 342 Å². The van der Waals surface area contributed by atoms with Crippen molar-refractivity contribution in [2.75, 3.05) is 9.80 Å². The van der Waals surface area contributed by atoms with E-state index < -0.39 is 5.41 Å². The number of ether oxygens (including phenoxy) is 1. The van der Waals surface area contributed by atoms with Crippen LogP contribution in [0.4, 0.5) is 34.1 Å². The Balaban J connectivity index is 1.17. The molecule has 4 heteroatoms. The van der Waals surface area contributed by atoms with E-state index in [0.29, 0.717) is 0 Å². The van der Waals surface area contributed by atoms with Gasteiger partial charge in [0.2, 0.25) is 0 Å². The van der Waals surface area contributed by atoms with Gasteiger partial charge in [-0.3, -0.25) is 0 Å². The van der Waals surface area contributed by atoms with E-state index in [1.165, 1.54) is 22.3 Å². The molecule has 0 N–H and O–H groups in total. The molecule has 10 aromatic rings. The predicted molar refractivity (Wildman–Crippen MR) is 240 cm³/mol. The minimum atomic E-state index is -0.670. The summed E-state index contributed by atoms with van der Waals surface area (Å²) >= 11 is 0. The maximum atomic E-state index is 6.74. The lowest BCUT2D eigenvalue weighted by Gasteiger charge is -2.41. The first kappa shape index (κ1) is 33.3. The monoisotopic (exact) mass is 756 g/mol. The quantitative estimate of drug-likeness (QED) is 0.169. The van der Waals surface area contributed by atoms with Gasteiger partial charge in [-0.2, -0.15) is 0 Å². The van der Waals surface area contributed by atoms with Gasteiger partial charge < -0.3 is 19.0 Å². The second kappa shape index (κ2) is 13.1. The zero-order valence-corrected chi connectivity index (χ0v) is 32.0. The van der Waals surface area contributed by atoms with Crippen LogP contribution in [0.1, 0.15) is 22.3 Å². The molecule has 0 atom stereocenters. The molecule has 1 aliphatic carbocycles. The highest BCUT2D eigenvalue weighted by atomic mass is 16.5. The van der Waals surface area contributed by atoms with Crippen LogP contribution < -0.4 is 14.5 Å². The van der Waals surface area contributed by atoms with Gasteiger partial charge in [0.25, 0.3) is 0 Å². The van der Waals surface area contributed by atoms with E-state index in [0.717, 1.165) is 78.7 Å². The first-order valence-corrected chi connectivity index (χ1v) is 20.1. The van der Waals surface area contributed by atoms with E-state index in [9.17, 15) is 0 Å². The molecule has 0 saturated carbocycles. The van der Waals surface area contributed by atoms with Crippen molar-refractivity contribution >= 4 is 56.1 Å². The summed E-state index contributed by atoms with van der Waals surface area (Å²) in [6.45, 7) is 0. The number of furan rings is 1. The van der Waals surface area contributed by atoms with Crippen LogP contribution in [-0.2, 0) is 5.41 Å². The lowest BCUT2D eigenvalue weighted by atomic mass is 9.65. The normalized spacial score (nSPS) is 13.0. The fourth-order valence-corrected chi connectivity index (χ4v) is 9.73. The van der Waals surface area contributed by atoms with Gasteiger partial charge in [-0.05, 0) is 102 Å². The third-order valence-electron chi connectivity index (χ3n) is 12.1. The van der Waals surface area contributed by atoms with Crippen LogP contribution in [0.5, 0.6) is 11.5 Å².